The molecule has 6 heteroatoms. The van der Waals surface area contributed by atoms with Crippen molar-refractivity contribution in [2.24, 2.45) is 5.92 Å². The van der Waals surface area contributed by atoms with Crippen LogP contribution in [0.1, 0.15) is 12.0 Å². The molecule has 0 unspecified atom stereocenters. The molecular formula is C17H24N4O2. The van der Waals surface area contributed by atoms with Gasteiger partial charge in [-0.25, -0.2) is 4.79 Å². The van der Waals surface area contributed by atoms with Crippen LogP contribution >= 0.6 is 0 Å². The molecular weight excluding hydrogens is 292 g/mol. The SMILES string of the molecule is CNC(=O)[C@H]1C[C@@H]2CN(C(=O)NCc3ccccc3)C[C@@H]2N1C. The Hall–Kier alpha value is -2.08. The molecule has 0 spiro atoms. The van der Waals surface area contributed by atoms with Crippen LogP contribution in [0.5, 0.6) is 0 Å². The van der Waals surface area contributed by atoms with Crippen molar-refractivity contribution in [1.29, 1.82) is 0 Å². The Balaban J connectivity index is 1.53. The van der Waals surface area contributed by atoms with Gasteiger partial charge >= 0.3 is 6.03 Å². The van der Waals surface area contributed by atoms with Gasteiger partial charge in [-0.2, -0.15) is 0 Å². The molecule has 2 heterocycles. The largest absolute Gasteiger partial charge is 0.358 e. The molecule has 23 heavy (non-hydrogen) atoms. The molecule has 3 amide bonds. The molecule has 2 N–H and O–H groups in total. The van der Waals surface area contributed by atoms with E-state index >= 15 is 0 Å². The quantitative estimate of drug-likeness (QED) is 0.860. The molecule has 1 aromatic rings. The maximum absolute atomic E-state index is 12.3. The monoisotopic (exact) mass is 316 g/mol. The number of amides is 3. The Morgan fingerprint density at radius 2 is 1.96 bits per heavy atom. The van der Waals surface area contributed by atoms with Gasteiger partial charge in [-0.3, -0.25) is 9.69 Å². The Bertz CT molecular complexity index is 577. The fraction of sp³-hybridized carbons (Fsp3) is 0.529. The second-order valence-electron chi connectivity index (χ2n) is 6.41. The Kier molecular flexibility index (Phi) is 4.52. The first-order valence-electron chi connectivity index (χ1n) is 8.10. The van der Waals surface area contributed by atoms with E-state index in [4.69, 9.17) is 0 Å². The third kappa shape index (κ3) is 3.17. The van der Waals surface area contributed by atoms with Gasteiger partial charge < -0.3 is 15.5 Å². The van der Waals surface area contributed by atoms with Gasteiger partial charge in [0.2, 0.25) is 5.91 Å². The second-order valence-corrected chi connectivity index (χ2v) is 6.41. The fourth-order valence-electron chi connectivity index (χ4n) is 3.74. The predicted molar refractivity (Wildman–Crippen MR) is 87.8 cm³/mol. The summed E-state index contributed by atoms with van der Waals surface area (Å²) in [6.45, 7) is 1.96. The average molecular weight is 316 g/mol. The zero-order valence-electron chi connectivity index (χ0n) is 13.7. The van der Waals surface area contributed by atoms with E-state index < -0.39 is 0 Å². The normalized spacial score (nSPS) is 26.9. The minimum atomic E-state index is -0.0653. The van der Waals surface area contributed by atoms with Gasteiger partial charge in [0, 0.05) is 32.7 Å². The molecule has 2 fully saturated rings. The summed E-state index contributed by atoms with van der Waals surface area (Å²) in [7, 11) is 3.66. The second kappa shape index (κ2) is 6.58. The van der Waals surface area contributed by atoms with Gasteiger partial charge in [-0.15, -0.1) is 0 Å². The van der Waals surface area contributed by atoms with Crippen LogP contribution in [-0.4, -0.2) is 61.0 Å². The van der Waals surface area contributed by atoms with E-state index in [1.807, 2.05) is 42.3 Å². The maximum Gasteiger partial charge on any atom is 0.317 e. The highest BCUT2D eigenvalue weighted by Crippen LogP contribution is 2.34. The van der Waals surface area contributed by atoms with Crippen LogP contribution in [0, 0.1) is 5.92 Å². The number of fused-ring (bicyclic) bond motifs is 1. The van der Waals surface area contributed by atoms with E-state index in [2.05, 4.69) is 15.5 Å². The number of nitrogens with one attached hydrogen (secondary N) is 2. The highest BCUT2D eigenvalue weighted by molar-refractivity contribution is 5.82. The lowest BCUT2D eigenvalue weighted by atomic mass is 10.0. The molecule has 124 valence electrons. The number of benzene rings is 1. The average Bonchev–Trinajstić information content (AvgIpc) is 3.13. The molecule has 1 aromatic carbocycles. The summed E-state index contributed by atoms with van der Waals surface area (Å²) in [4.78, 5) is 28.2. The summed E-state index contributed by atoms with van der Waals surface area (Å²) in [5.41, 5.74) is 1.09. The summed E-state index contributed by atoms with van der Waals surface area (Å²) >= 11 is 0. The predicted octanol–water partition coefficient (Wildman–Crippen LogP) is 0.647. The zero-order chi connectivity index (χ0) is 16.4. The smallest absolute Gasteiger partial charge is 0.317 e. The third-order valence-electron chi connectivity index (χ3n) is 5.07. The number of carbonyl (C=O) groups excluding carboxylic acids is 2. The van der Waals surface area contributed by atoms with Crippen LogP contribution in [0.4, 0.5) is 4.79 Å². The van der Waals surface area contributed by atoms with Gasteiger partial charge in [0.25, 0.3) is 0 Å². The van der Waals surface area contributed by atoms with E-state index in [1.165, 1.54) is 0 Å². The lowest BCUT2D eigenvalue weighted by Crippen LogP contribution is -2.46. The number of urea groups is 1. The van der Waals surface area contributed by atoms with Crippen molar-refractivity contribution in [2.45, 2.75) is 25.0 Å². The lowest BCUT2D eigenvalue weighted by Gasteiger charge is -2.25. The molecule has 0 aromatic heterocycles. The molecule has 0 saturated carbocycles. The summed E-state index contributed by atoms with van der Waals surface area (Å²) in [6.07, 6.45) is 0.823. The number of hydrogen-bond acceptors (Lipinski definition) is 3. The van der Waals surface area contributed by atoms with Crippen LogP contribution in [0.25, 0.3) is 0 Å². The van der Waals surface area contributed by atoms with Crippen LogP contribution in [0.2, 0.25) is 0 Å². The number of nitrogens with zero attached hydrogens (tertiary/aromatic N) is 2. The van der Waals surface area contributed by atoms with Crippen LogP contribution < -0.4 is 10.6 Å². The van der Waals surface area contributed by atoms with E-state index in [9.17, 15) is 9.59 Å². The first-order chi connectivity index (χ1) is 11.1. The van der Waals surface area contributed by atoms with Crippen molar-refractivity contribution in [3.8, 4) is 0 Å². The molecule has 0 aliphatic carbocycles. The zero-order valence-corrected chi connectivity index (χ0v) is 13.7. The van der Waals surface area contributed by atoms with Crippen LogP contribution in [-0.2, 0) is 11.3 Å². The van der Waals surface area contributed by atoms with Gasteiger partial charge in [0.1, 0.15) is 0 Å². The van der Waals surface area contributed by atoms with Crippen molar-refractivity contribution < 1.29 is 9.59 Å². The van der Waals surface area contributed by atoms with Gasteiger partial charge in [0.15, 0.2) is 0 Å². The Labute approximate surface area is 136 Å². The van der Waals surface area contributed by atoms with Gasteiger partial charge in [-0.1, -0.05) is 30.3 Å². The van der Waals surface area contributed by atoms with Gasteiger partial charge in [0.05, 0.1) is 6.04 Å². The molecule has 2 aliphatic rings. The summed E-state index contributed by atoms with van der Waals surface area (Å²) in [6, 6.07) is 10.1. The lowest BCUT2D eigenvalue weighted by molar-refractivity contribution is -0.125. The highest BCUT2D eigenvalue weighted by atomic mass is 16.2. The first kappa shape index (κ1) is 15.8. The van der Waals surface area contributed by atoms with E-state index in [-0.39, 0.29) is 24.0 Å². The van der Waals surface area contributed by atoms with Crippen molar-refractivity contribution in [2.75, 3.05) is 27.2 Å². The summed E-state index contributed by atoms with van der Waals surface area (Å²) in [5, 5.41) is 5.70. The van der Waals surface area contributed by atoms with E-state index in [0.29, 0.717) is 19.0 Å². The minimum Gasteiger partial charge on any atom is -0.358 e. The molecule has 3 atom stereocenters. The molecule has 3 rings (SSSR count). The highest BCUT2D eigenvalue weighted by Gasteiger charge is 2.47. The number of hydrogen-bond donors (Lipinski definition) is 2. The first-order valence-corrected chi connectivity index (χ1v) is 8.10. The minimum absolute atomic E-state index is 0.0202. The maximum atomic E-state index is 12.3. The van der Waals surface area contributed by atoms with Crippen LogP contribution in [0.15, 0.2) is 30.3 Å². The van der Waals surface area contributed by atoms with E-state index in [0.717, 1.165) is 18.5 Å². The molecule has 0 bridgehead atoms. The van der Waals surface area contributed by atoms with Crippen molar-refractivity contribution >= 4 is 11.9 Å². The molecule has 2 aliphatic heterocycles. The summed E-state index contributed by atoms with van der Waals surface area (Å²) < 4.78 is 0. The molecule has 0 radical (unpaired) electrons. The standard InChI is InChI=1S/C17H24N4O2/c1-18-16(22)14-8-13-10-21(11-15(13)20(14)2)17(23)19-9-12-6-4-3-5-7-12/h3-7,13-15H,8-11H2,1-2H3,(H,18,22)(H,19,23)/t13-,14-,15+/m1/s1. The number of likely N-dealkylation sites (tertiary alicyclic amines) is 2. The Morgan fingerprint density at radius 3 is 2.61 bits per heavy atom. The van der Waals surface area contributed by atoms with Crippen LogP contribution in [0.3, 0.4) is 0 Å². The molecule has 2 saturated heterocycles. The van der Waals surface area contributed by atoms with Crippen molar-refractivity contribution in [1.82, 2.24) is 20.4 Å². The fourth-order valence-corrected chi connectivity index (χ4v) is 3.74. The third-order valence-corrected chi connectivity index (χ3v) is 5.07. The van der Waals surface area contributed by atoms with Crippen molar-refractivity contribution in [3.63, 3.8) is 0 Å². The number of carbonyl (C=O) groups is 2. The van der Waals surface area contributed by atoms with E-state index in [1.54, 1.807) is 7.05 Å². The summed E-state index contributed by atoms with van der Waals surface area (Å²) in [5.74, 6) is 0.451. The number of rotatable bonds is 3. The topological polar surface area (TPSA) is 64.7 Å². The molecule has 6 nitrogen and oxygen atoms in total. The number of likely N-dealkylation sites (N-methyl/N-ethyl adjacent to an activating group) is 2. The Morgan fingerprint density at radius 1 is 1.22 bits per heavy atom. The van der Waals surface area contributed by atoms with Gasteiger partial charge in [-0.05, 0) is 24.9 Å². The van der Waals surface area contributed by atoms with Crippen molar-refractivity contribution in [3.05, 3.63) is 35.9 Å².